The van der Waals surface area contributed by atoms with Crippen LogP contribution in [0.4, 0.5) is 0 Å². The quantitative estimate of drug-likeness (QED) is 0.646. The normalized spacial score (nSPS) is 32.5. The number of hydrogen-bond donors (Lipinski definition) is 1. The van der Waals surface area contributed by atoms with E-state index in [1.165, 1.54) is 57.9 Å². The molecule has 1 aliphatic heterocycles. The van der Waals surface area contributed by atoms with Crippen molar-refractivity contribution in [3.63, 3.8) is 0 Å². The summed E-state index contributed by atoms with van der Waals surface area (Å²) in [7, 11) is 0. The molecular weight excluding hydrogens is 146 g/mol. The lowest BCUT2D eigenvalue weighted by Crippen LogP contribution is -2.86. The minimum Gasteiger partial charge on any atom is -0.344 e. The maximum absolute atomic E-state index is 2.58. The van der Waals surface area contributed by atoms with Gasteiger partial charge in [0.2, 0.25) is 0 Å². The number of hydrogen-bond acceptors (Lipinski definition) is 0. The number of quaternary nitrogens is 1. The predicted octanol–water partition coefficient (Wildman–Crippen LogP) is 1.68. The summed E-state index contributed by atoms with van der Waals surface area (Å²) in [4.78, 5) is 0. The van der Waals surface area contributed by atoms with Crippen LogP contribution in [0.5, 0.6) is 0 Å². The van der Waals surface area contributed by atoms with E-state index in [4.69, 9.17) is 0 Å². The first-order chi connectivity index (χ1) is 5.95. The van der Waals surface area contributed by atoms with Crippen molar-refractivity contribution in [2.24, 2.45) is 5.92 Å². The fourth-order valence-corrected chi connectivity index (χ4v) is 2.92. The van der Waals surface area contributed by atoms with Crippen molar-refractivity contribution in [2.45, 2.75) is 57.4 Å². The first-order valence-corrected chi connectivity index (χ1v) is 5.78. The van der Waals surface area contributed by atoms with Crippen LogP contribution < -0.4 is 5.32 Å². The summed E-state index contributed by atoms with van der Waals surface area (Å²) in [5.74, 6) is 1.10. The van der Waals surface area contributed by atoms with Crippen LogP contribution in [-0.2, 0) is 0 Å². The lowest BCUT2D eigenvalue weighted by molar-refractivity contribution is -0.671. The van der Waals surface area contributed by atoms with E-state index in [0.29, 0.717) is 0 Å². The highest BCUT2D eigenvalue weighted by Crippen LogP contribution is 2.27. The molecule has 1 saturated carbocycles. The molecular formula is C11H22N+. The van der Waals surface area contributed by atoms with Crippen molar-refractivity contribution in [3.8, 4) is 0 Å². The summed E-state index contributed by atoms with van der Waals surface area (Å²) >= 11 is 0. The smallest absolute Gasteiger partial charge is 0.0864 e. The van der Waals surface area contributed by atoms with Crippen molar-refractivity contribution in [3.05, 3.63) is 0 Å². The molecule has 1 nitrogen and oxygen atoms in total. The Morgan fingerprint density at radius 2 is 1.75 bits per heavy atom. The molecule has 0 unspecified atom stereocenters. The van der Waals surface area contributed by atoms with Gasteiger partial charge in [0.1, 0.15) is 0 Å². The van der Waals surface area contributed by atoms with Crippen LogP contribution >= 0.6 is 0 Å². The fraction of sp³-hybridized carbons (Fsp3) is 1.00. The molecule has 70 valence electrons. The lowest BCUT2D eigenvalue weighted by Gasteiger charge is -2.22. The Labute approximate surface area is 75.9 Å². The van der Waals surface area contributed by atoms with Crippen LogP contribution in [-0.4, -0.2) is 12.6 Å². The molecule has 0 amide bonds. The van der Waals surface area contributed by atoms with Crippen LogP contribution in [0, 0.1) is 5.92 Å². The average molecular weight is 168 g/mol. The van der Waals surface area contributed by atoms with Gasteiger partial charge in [0.15, 0.2) is 0 Å². The van der Waals surface area contributed by atoms with Crippen molar-refractivity contribution >= 4 is 0 Å². The third-order valence-electron chi connectivity index (χ3n) is 3.64. The topological polar surface area (TPSA) is 16.6 Å². The van der Waals surface area contributed by atoms with Gasteiger partial charge >= 0.3 is 0 Å². The molecule has 2 N–H and O–H groups in total. The van der Waals surface area contributed by atoms with Crippen molar-refractivity contribution in [1.29, 1.82) is 0 Å². The second-order valence-electron chi connectivity index (χ2n) is 4.67. The van der Waals surface area contributed by atoms with E-state index in [-0.39, 0.29) is 0 Å². The second-order valence-corrected chi connectivity index (χ2v) is 4.67. The SMILES string of the molecule is C1CCC(C[C@H]2CCC[NH2+]2)CC1. The van der Waals surface area contributed by atoms with Crippen LogP contribution in [0.25, 0.3) is 0 Å². The molecule has 0 aromatic heterocycles. The number of rotatable bonds is 2. The van der Waals surface area contributed by atoms with Gasteiger partial charge in [-0.05, 0) is 5.92 Å². The molecule has 0 spiro atoms. The van der Waals surface area contributed by atoms with Gasteiger partial charge < -0.3 is 5.32 Å². The minimum absolute atomic E-state index is 1.01. The van der Waals surface area contributed by atoms with E-state index in [2.05, 4.69) is 5.32 Å². The van der Waals surface area contributed by atoms with Gasteiger partial charge in [0.05, 0.1) is 12.6 Å². The standard InChI is InChI=1S/C11H21N/c1-2-5-10(6-3-1)9-11-7-4-8-12-11/h10-12H,1-9H2/p+1/t11-/m1/s1. The molecule has 1 atom stereocenters. The van der Waals surface area contributed by atoms with Gasteiger partial charge in [-0.3, -0.25) is 0 Å². The molecule has 1 heterocycles. The van der Waals surface area contributed by atoms with Crippen molar-refractivity contribution in [1.82, 2.24) is 0 Å². The first-order valence-electron chi connectivity index (χ1n) is 5.78. The summed E-state index contributed by atoms with van der Waals surface area (Å²) < 4.78 is 0. The van der Waals surface area contributed by atoms with E-state index in [1.54, 1.807) is 0 Å². The van der Waals surface area contributed by atoms with Crippen LogP contribution in [0.3, 0.4) is 0 Å². The Balaban J connectivity index is 1.69. The fourth-order valence-electron chi connectivity index (χ4n) is 2.92. The molecule has 0 aromatic carbocycles. The van der Waals surface area contributed by atoms with Crippen LogP contribution in [0.15, 0.2) is 0 Å². The summed E-state index contributed by atoms with van der Waals surface area (Å²) in [6, 6.07) is 1.01. The molecule has 2 fully saturated rings. The van der Waals surface area contributed by atoms with Gasteiger partial charge in [0.25, 0.3) is 0 Å². The van der Waals surface area contributed by atoms with Gasteiger partial charge in [-0.15, -0.1) is 0 Å². The maximum atomic E-state index is 2.58. The zero-order chi connectivity index (χ0) is 8.23. The van der Waals surface area contributed by atoms with Crippen LogP contribution in [0.1, 0.15) is 51.4 Å². The highest BCUT2D eigenvalue weighted by Gasteiger charge is 2.23. The molecule has 1 aliphatic carbocycles. The van der Waals surface area contributed by atoms with Gasteiger partial charge in [0, 0.05) is 19.3 Å². The average Bonchev–Trinajstić information content (AvgIpc) is 2.59. The van der Waals surface area contributed by atoms with E-state index >= 15 is 0 Å². The molecule has 1 heteroatoms. The first kappa shape index (κ1) is 8.55. The Kier molecular flexibility index (Phi) is 3.04. The largest absolute Gasteiger partial charge is 0.344 e. The van der Waals surface area contributed by atoms with Gasteiger partial charge in [-0.25, -0.2) is 0 Å². The van der Waals surface area contributed by atoms with Crippen molar-refractivity contribution < 1.29 is 5.32 Å². The molecule has 1 saturated heterocycles. The van der Waals surface area contributed by atoms with Crippen LogP contribution in [0.2, 0.25) is 0 Å². The summed E-state index contributed by atoms with van der Waals surface area (Å²) in [5.41, 5.74) is 0. The molecule has 2 aliphatic rings. The Morgan fingerprint density at radius 3 is 2.42 bits per heavy atom. The van der Waals surface area contributed by atoms with Gasteiger partial charge in [-0.1, -0.05) is 32.1 Å². The Morgan fingerprint density at radius 1 is 0.917 bits per heavy atom. The van der Waals surface area contributed by atoms with E-state index < -0.39 is 0 Å². The van der Waals surface area contributed by atoms with E-state index in [0.717, 1.165) is 12.0 Å². The van der Waals surface area contributed by atoms with E-state index in [9.17, 15) is 0 Å². The Bertz CT molecular complexity index is 121. The summed E-state index contributed by atoms with van der Waals surface area (Å²) in [6.07, 6.45) is 12.1. The second kappa shape index (κ2) is 4.27. The van der Waals surface area contributed by atoms with Crippen molar-refractivity contribution in [2.75, 3.05) is 6.54 Å². The molecule has 0 bridgehead atoms. The molecule has 0 aromatic rings. The Hall–Kier alpha value is -0.0400. The number of nitrogens with two attached hydrogens (primary N) is 1. The molecule has 2 rings (SSSR count). The zero-order valence-corrected chi connectivity index (χ0v) is 8.10. The highest BCUT2D eigenvalue weighted by atomic mass is 14.9. The van der Waals surface area contributed by atoms with Gasteiger partial charge in [-0.2, -0.15) is 0 Å². The summed E-state index contributed by atoms with van der Waals surface area (Å²) in [6.45, 7) is 1.40. The highest BCUT2D eigenvalue weighted by molar-refractivity contribution is 4.70. The third-order valence-corrected chi connectivity index (χ3v) is 3.64. The third kappa shape index (κ3) is 2.22. The predicted molar refractivity (Wildman–Crippen MR) is 51.0 cm³/mol. The monoisotopic (exact) mass is 168 g/mol. The zero-order valence-electron chi connectivity index (χ0n) is 8.10. The minimum atomic E-state index is 1.01. The van der Waals surface area contributed by atoms with E-state index in [1.807, 2.05) is 0 Å². The molecule has 12 heavy (non-hydrogen) atoms. The molecule has 0 radical (unpaired) electrons. The summed E-state index contributed by atoms with van der Waals surface area (Å²) in [5, 5.41) is 2.58. The lowest BCUT2D eigenvalue weighted by atomic mass is 9.84. The maximum Gasteiger partial charge on any atom is 0.0864 e.